The summed E-state index contributed by atoms with van der Waals surface area (Å²) >= 11 is 3.27. The second kappa shape index (κ2) is 6.78. The first-order chi connectivity index (χ1) is 11.4. The number of aryl methyl sites for hydroxylation is 1. The van der Waals surface area contributed by atoms with Gasteiger partial charge >= 0.3 is 0 Å². The highest BCUT2D eigenvalue weighted by atomic mass is 79.9. The van der Waals surface area contributed by atoms with E-state index in [4.69, 9.17) is 0 Å². The number of hydrogen-bond donors (Lipinski definition) is 0. The first-order valence-electron chi connectivity index (χ1n) is 6.96. The van der Waals surface area contributed by atoms with Crippen molar-refractivity contribution in [2.75, 3.05) is 5.75 Å². The van der Waals surface area contributed by atoms with E-state index in [1.807, 2.05) is 0 Å². The molecule has 0 fully saturated rings. The van der Waals surface area contributed by atoms with Crippen molar-refractivity contribution in [3.8, 4) is 11.4 Å². The number of halogens is 2. The summed E-state index contributed by atoms with van der Waals surface area (Å²) in [5.74, 6) is -0.184. The van der Waals surface area contributed by atoms with Gasteiger partial charge in [-0.1, -0.05) is 15.9 Å². The maximum atomic E-state index is 12.9. The lowest BCUT2D eigenvalue weighted by atomic mass is 10.2. The third-order valence-corrected chi connectivity index (χ3v) is 5.53. The number of nitrogens with zero attached hydrogens (tertiary/aromatic N) is 4. The van der Waals surface area contributed by atoms with Gasteiger partial charge in [-0.2, -0.15) is 4.80 Å². The predicted octanol–water partition coefficient (Wildman–Crippen LogP) is 2.72. The lowest BCUT2D eigenvalue weighted by molar-refractivity contribution is 0.538. The fourth-order valence-electron chi connectivity index (χ4n) is 2.01. The third kappa shape index (κ3) is 3.85. The van der Waals surface area contributed by atoms with Crippen LogP contribution in [0.1, 0.15) is 0 Å². The van der Waals surface area contributed by atoms with Crippen molar-refractivity contribution in [3.63, 3.8) is 0 Å². The zero-order valence-corrected chi connectivity index (χ0v) is 14.7. The first kappa shape index (κ1) is 16.7. The minimum atomic E-state index is -3.44. The van der Waals surface area contributed by atoms with Crippen LogP contribution in [0.3, 0.4) is 0 Å². The molecule has 3 aromatic rings. The maximum Gasteiger partial charge on any atom is 0.204 e. The average Bonchev–Trinajstić information content (AvgIpc) is 3.03. The largest absolute Gasteiger partial charge is 0.224 e. The van der Waals surface area contributed by atoms with Gasteiger partial charge in [0.05, 0.1) is 17.2 Å². The van der Waals surface area contributed by atoms with E-state index in [2.05, 4.69) is 31.3 Å². The molecule has 0 spiro atoms. The van der Waals surface area contributed by atoms with Crippen LogP contribution in [0, 0.1) is 5.82 Å². The highest BCUT2D eigenvalue weighted by molar-refractivity contribution is 9.10. The molecular formula is C15H12BrFN4O2S. The Morgan fingerprint density at radius 1 is 1.04 bits per heavy atom. The second-order valence-electron chi connectivity index (χ2n) is 4.99. The van der Waals surface area contributed by atoms with Crippen molar-refractivity contribution in [2.45, 2.75) is 11.4 Å². The number of tetrazole rings is 1. The van der Waals surface area contributed by atoms with Gasteiger partial charge in [-0.25, -0.2) is 12.8 Å². The SMILES string of the molecule is O=S(=O)(CCn1nnc(-c2ccc(F)cc2)n1)c1ccc(Br)cc1. The van der Waals surface area contributed by atoms with Crippen molar-refractivity contribution in [1.82, 2.24) is 20.2 Å². The monoisotopic (exact) mass is 410 g/mol. The lowest BCUT2D eigenvalue weighted by Crippen LogP contribution is -2.15. The van der Waals surface area contributed by atoms with Crippen LogP contribution in [-0.2, 0) is 16.4 Å². The summed E-state index contributed by atoms with van der Waals surface area (Å²) in [5.41, 5.74) is 0.610. The van der Waals surface area contributed by atoms with Crippen molar-refractivity contribution in [3.05, 3.63) is 58.8 Å². The molecule has 0 aliphatic carbocycles. The van der Waals surface area contributed by atoms with Crippen LogP contribution >= 0.6 is 15.9 Å². The van der Waals surface area contributed by atoms with Crippen LogP contribution in [0.2, 0.25) is 0 Å². The summed E-state index contributed by atoms with van der Waals surface area (Å²) in [4.78, 5) is 1.46. The Balaban J connectivity index is 1.71. The van der Waals surface area contributed by atoms with Crippen LogP contribution in [0.4, 0.5) is 4.39 Å². The van der Waals surface area contributed by atoms with Crippen LogP contribution in [-0.4, -0.2) is 34.4 Å². The summed E-state index contributed by atoms with van der Waals surface area (Å²) in [6.07, 6.45) is 0. The average molecular weight is 411 g/mol. The molecule has 0 saturated heterocycles. The molecule has 3 rings (SSSR count). The molecule has 0 aliphatic rings. The fourth-order valence-corrected chi connectivity index (χ4v) is 3.47. The van der Waals surface area contributed by atoms with Gasteiger partial charge < -0.3 is 0 Å². The molecule has 1 aromatic heterocycles. The normalized spacial score (nSPS) is 11.6. The standard InChI is InChI=1S/C15H12BrFN4O2S/c16-12-3-7-14(8-4-12)24(22,23)10-9-21-19-15(18-20-21)11-1-5-13(17)6-2-11/h1-8H,9-10H2. The van der Waals surface area contributed by atoms with Gasteiger partial charge in [-0.15, -0.1) is 10.2 Å². The van der Waals surface area contributed by atoms with Crippen LogP contribution in [0.5, 0.6) is 0 Å². The second-order valence-corrected chi connectivity index (χ2v) is 8.01. The van der Waals surface area contributed by atoms with Crippen molar-refractivity contribution in [1.29, 1.82) is 0 Å². The highest BCUT2D eigenvalue weighted by Crippen LogP contribution is 2.17. The van der Waals surface area contributed by atoms with Gasteiger partial charge in [-0.3, -0.25) is 0 Å². The van der Waals surface area contributed by atoms with E-state index in [0.29, 0.717) is 11.4 Å². The minimum Gasteiger partial charge on any atom is -0.224 e. The van der Waals surface area contributed by atoms with E-state index >= 15 is 0 Å². The van der Waals surface area contributed by atoms with Crippen molar-refractivity contribution >= 4 is 25.8 Å². The Kier molecular flexibility index (Phi) is 4.72. The molecule has 0 radical (unpaired) electrons. The molecule has 6 nitrogen and oxygen atoms in total. The highest BCUT2D eigenvalue weighted by Gasteiger charge is 2.15. The molecule has 0 aliphatic heterocycles. The van der Waals surface area contributed by atoms with Gasteiger partial charge in [0, 0.05) is 10.0 Å². The molecular weight excluding hydrogens is 399 g/mol. The quantitative estimate of drug-likeness (QED) is 0.645. The summed E-state index contributed by atoms with van der Waals surface area (Å²) in [7, 11) is -3.44. The number of benzene rings is 2. The Labute approximate surface area is 146 Å². The van der Waals surface area contributed by atoms with Crippen LogP contribution in [0.15, 0.2) is 57.9 Å². The number of sulfone groups is 1. The molecule has 0 unspecified atom stereocenters. The fraction of sp³-hybridized carbons (Fsp3) is 0.133. The summed E-state index contributed by atoms with van der Waals surface area (Å²) in [6, 6.07) is 12.1. The number of rotatable bonds is 5. The Morgan fingerprint density at radius 3 is 2.38 bits per heavy atom. The molecule has 0 amide bonds. The topological polar surface area (TPSA) is 77.7 Å². The van der Waals surface area contributed by atoms with Gasteiger partial charge in [-0.05, 0) is 53.7 Å². The molecule has 24 heavy (non-hydrogen) atoms. The van der Waals surface area contributed by atoms with E-state index in [1.54, 1.807) is 12.1 Å². The smallest absolute Gasteiger partial charge is 0.204 e. The van der Waals surface area contributed by atoms with E-state index in [-0.39, 0.29) is 23.0 Å². The van der Waals surface area contributed by atoms with E-state index in [1.165, 1.54) is 41.2 Å². The van der Waals surface area contributed by atoms with Gasteiger partial charge in [0.2, 0.25) is 5.82 Å². The molecule has 124 valence electrons. The molecule has 1 heterocycles. The Hall–Kier alpha value is -2.13. The van der Waals surface area contributed by atoms with Crippen molar-refractivity contribution in [2.24, 2.45) is 0 Å². The molecule has 0 N–H and O–H groups in total. The summed E-state index contributed by atoms with van der Waals surface area (Å²) in [6.45, 7) is 0.0760. The minimum absolute atomic E-state index is 0.0760. The van der Waals surface area contributed by atoms with Crippen molar-refractivity contribution < 1.29 is 12.8 Å². The summed E-state index contributed by atoms with van der Waals surface area (Å²) in [5, 5.41) is 11.8. The summed E-state index contributed by atoms with van der Waals surface area (Å²) < 4.78 is 38.3. The van der Waals surface area contributed by atoms with Crippen LogP contribution < -0.4 is 0 Å². The predicted molar refractivity (Wildman–Crippen MR) is 89.4 cm³/mol. The number of hydrogen-bond acceptors (Lipinski definition) is 5. The van der Waals surface area contributed by atoms with Gasteiger partial charge in [0.1, 0.15) is 5.82 Å². The molecule has 0 saturated carbocycles. The Bertz CT molecular complexity index is 940. The zero-order valence-electron chi connectivity index (χ0n) is 12.3. The molecule has 2 aromatic carbocycles. The number of aromatic nitrogens is 4. The molecule has 9 heteroatoms. The zero-order chi connectivity index (χ0) is 17.2. The van der Waals surface area contributed by atoms with E-state index in [0.717, 1.165) is 4.47 Å². The van der Waals surface area contributed by atoms with E-state index in [9.17, 15) is 12.8 Å². The van der Waals surface area contributed by atoms with Gasteiger partial charge in [0.25, 0.3) is 0 Å². The lowest BCUT2D eigenvalue weighted by Gasteiger charge is -2.03. The van der Waals surface area contributed by atoms with Crippen LogP contribution in [0.25, 0.3) is 11.4 Å². The maximum absolute atomic E-state index is 12.9. The first-order valence-corrected chi connectivity index (χ1v) is 9.41. The third-order valence-electron chi connectivity index (χ3n) is 3.29. The molecule has 0 atom stereocenters. The molecule has 0 bridgehead atoms. The van der Waals surface area contributed by atoms with E-state index < -0.39 is 9.84 Å². The van der Waals surface area contributed by atoms with Gasteiger partial charge in [0.15, 0.2) is 9.84 Å². The Morgan fingerprint density at radius 2 is 1.71 bits per heavy atom.